The molecule has 0 radical (unpaired) electrons. The van der Waals surface area contributed by atoms with Gasteiger partial charge in [0.2, 0.25) is 5.91 Å². The number of aliphatic hydroxyl groups excluding tert-OH is 1. The van der Waals surface area contributed by atoms with Crippen LogP contribution in [-0.2, 0) is 11.2 Å². The Morgan fingerprint density at radius 3 is 2.44 bits per heavy atom. The average Bonchev–Trinajstić information content (AvgIpc) is 2.99. The van der Waals surface area contributed by atoms with Gasteiger partial charge in [-0.3, -0.25) is 9.59 Å². The molecule has 5 heteroatoms. The molecule has 1 amide bonds. The van der Waals surface area contributed by atoms with Crippen LogP contribution >= 0.6 is 0 Å². The van der Waals surface area contributed by atoms with Crippen LogP contribution < -0.4 is 5.32 Å². The van der Waals surface area contributed by atoms with E-state index >= 15 is 0 Å². The van der Waals surface area contributed by atoms with Crippen molar-refractivity contribution in [1.82, 2.24) is 10.3 Å². The Morgan fingerprint density at radius 1 is 1.08 bits per heavy atom. The third kappa shape index (κ3) is 3.61. The molecule has 0 fully saturated rings. The first-order chi connectivity index (χ1) is 12.1. The fourth-order valence-electron chi connectivity index (χ4n) is 3.01. The van der Waals surface area contributed by atoms with E-state index in [-0.39, 0.29) is 24.7 Å². The lowest BCUT2D eigenvalue weighted by atomic mass is 10.0. The third-order valence-electron chi connectivity index (χ3n) is 4.22. The second-order valence-corrected chi connectivity index (χ2v) is 5.97. The van der Waals surface area contributed by atoms with Crippen LogP contribution in [0, 0.1) is 0 Å². The molecule has 0 saturated carbocycles. The van der Waals surface area contributed by atoms with Crippen molar-refractivity contribution in [3.63, 3.8) is 0 Å². The number of amides is 1. The summed E-state index contributed by atoms with van der Waals surface area (Å²) in [5.41, 5.74) is 2.81. The molecule has 1 heterocycles. The van der Waals surface area contributed by atoms with Crippen molar-refractivity contribution in [2.75, 3.05) is 6.61 Å². The number of hydrogen-bond acceptors (Lipinski definition) is 3. The van der Waals surface area contributed by atoms with Gasteiger partial charge in [0, 0.05) is 17.8 Å². The maximum Gasteiger partial charge on any atom is 0.225 e. The van der Waals surface area contributed by atoms with Crippen molar-refractivity contribution in [2.45, 2.75) is 19.4 Å². The van der Waals surface area contributed by atoms with E-state index < -0.39 is 6.04 Å². The third-order valence-corrected chi connectivity index (χ3v) is 4.22. The highest BCUT2D eigenvalue weighted by molar-refractivity contribution is 6.02. The number of aliphatic hydroxyl groups is 1. The predicted molar refractivity (Wildman–Crippen MR) is 96.4 cm³/mol. The van der Waals surface area contributed by atoms with E-state index in [0.29, 0.717) is 11.3 Å². The number of hydrogen-bond donors (Lipinski definition) is 3. The molecule has 0 aliphatic rings. The lowest BCUT2D eigenvalue weighted by Gasteiger charge is -2.16. The van der Waals surface area contributed by atoms with Gasteiger partial charge in [0.1, 0.15) is 0 Å². The summed E-state index contributed by atoms with van der Waals surface area (Å²) in [4.78, 5) is 27.5. The summed E-state index contributed by atoms with van der Waals surface area (Å²) >= 11 is 0. The van der Waals surface area contributed by atoms with Gasteiger partial charge in [-0.05, 0) is 17.2 Å². The number of carbonyl (C=O) groups excluding carboxylic acids is 2. The molecular weight excluding hydrogens is 316 g/mol. The minimum absolute atomic E-state index is 0.0717. The quantitative estimate of drug-likeness (QED) is 0.605. The monoisotopic (exact) mass is 336 g/mol. The number of aromatic nitrogens is 1. The molecule has 0 spiro atoms. The Kier molecular flexibility index (Phi) is 4.95. The molecule has 128 valence electrons. The fourth-order valence-corrected chi connectivity index (χ4v) is 3.01. The SMILES string of the molecule is CC(=O)c1[nH]c2ccccc2c1CC(=O)N[C@@H](CO)c1ccccc1. The second-order valence-electron chi connectivity index (χ2n) is 5.97. The van der Waals surface area contributed by atoms with Crippen molar-refractivity contribution >= 4 is 22.6 Å². The number of para-hydroxylation sites is 1. The average molecular weight is 336 g/mol. The topological polar surface area (TPSA) is 82.2 Å². The summed E-state index contributed by atoms with van der Waals surface area (Å²) in [7, 11) is 0. The van der Waals surface area contributed by atoms with Crippen LogP contribution in [0.2, 0.25) is 0 Å². The number of Topliss-reactive ketones (excluding diaryl/α,β-unsaturated/α-hetero) is 1. The minimum Gasteiger partial charge on any atom is -0.394 e. The predicted octanol–water partition coefficient (Wildman–Crippen LogP) is 2.76. The molecule has 3 rings (SSSR count). The van der Waals surface area contributed by atoms with Gasteiger partial charge >= 0.3 is 0 Å². The number of H-pyrrole nitrogens is 1. The zero-order chi connectivity index (χ0) is 17.8. The van der Waals surface area contributed by atoms with Crippen molar-refractivity contribution < 1.29 is 14.7 Å². The Labute approximate surface area is 145 Å². The molecule has 0 aliphatic heterocycles. The lowest BCUT2D eigenvalue weighted by Crippen LogP contribution is -2.32. The van der Waals surface area contributed by atoms with Crippen molar-refractivity contribution in [3.8, 4) is 0 Å². The number of fused-ring (bicyclic) bond motifs is 1. The summed E-state index contributed by atoms with van der Waals surface area (Å²) in [6.07, 6.45) is 0.0717. The maximum atomic E-state index is 12.5. The van der Waals surface area contributed by atoms with E-state index in [4.69, 9.17) is 0 Å². The number of aromatic amines is 1. The molecule has 25 heavy (non-hydrogen) atoms. The van der Waals surface area contributed by atoms with Gasteiger partial charge in [-0.1, -0.05) is 48.5 Å². The van der Waals surface area contributed by atoms with Gasteiger partial charge in [-0.2, -0.15) is 0 Å². The molecule has 2 aromatic carbocycles. The van der Waals surface area contributed by atoms with Crippen LogP contribution in [0.5, 0.6) is 0 Å². The summed E-state index contributed by atoms with van der Waals surface area (Å²) in [6, 6.07) is 16.4. The standard InChI is InChI=1S/C20H20N2O3/c1-13(24)20-16(15-9-5-6-10-17(15)22-20)11-19(25)21-18(12-23)14-7-3-2-4-8-14/h2-10,18,22-23H,11-12H2,1H3,(H,21,25)/t18-/m0/s1. The van der Waals surface area contributed by atoms with Crippen LogP contribution in [0.4, 0.5) is 0 Å². The number of ketones is 1. The first-order valence-corrected chi connectivity index (χ1v) is 8.16. The molecule has 1 atom stereocenters. The van der Waals surface area contributed by atoms with E-state index in [1.165, 1.54) is 6.92 Å². The normalized spacial score (nSPS) is 12.1. The number of benzene rings is 2. The van der Waals surface area contributed by atoms with E-state index in [9.17, 15) is 14.7 Å². The van der Waals surface area contributed by atoms with Gasteiger partial charge in [-0.25, -0.2) is 0 Å². The Balaban J connectivity index is 1.84. The smallest absolute Gasteiger partial charge is 0.225 e. The summed E-state index contributed by atoms with van der Waals surface area (Å²) in [5, 5.41) is 13.3. The summed E-state index contributed by atoms with van der Waals surface area (Å²) in [6.45, 7) is 1.29. The molecule has 0 bridgehead atoms. The van der Waals surface area contributed by atoms with E-state index in [1.807, 2.05) is 54.6 Å². The molecule has 3 N–H and O–H groups in total. The van der Waals surface area contributed by atoms with Crippen LogP contribution in [0.1, 0.15) is 34.6 Å². The minimum atomic E-state index is -0.473. The van der Waals surface area contributed by atoms with E-state index in [2.05, 4.69) is 10.3 Å². The lowest BCUT2D eigenvalue weighted by molar-refractivity contribution is -0.121. The second kappa shape index (κ2) is 7.32. The molecule has 0 unspecified atom stereocenters. The van der Waals surface area contributed by atoms with Crippen molar-refractivity contribution in [1.29, 1.82) is 0 Å². The fraction of sp³-hybridized carbons (Fsp3) is 0.200. The van der Waals surface area contributed by atoms with E-state index in [1.54, 1.807) is 0 Å². The number of carbonyl (C=O) groups is 2. The number of nitrogens with one attached hydrogen (secondary N) is 2. The van der Waals surface area contributed by atoms with Gasteiger partial charge in [-0.15, -0.1) is 0 Å². The van der Waals surface area contributed by atoms with E-state index in [0.717, 1.165) is 16.5 Å². The first kappa shape index (κ1) is 16.9. The van der Waals surface area contributed by atoms with Crippen LogP contribution in [0.3, 0.4) is 0 Å². The van der Waals surface area contributed by atoms with Crippen molar-refractivity contribution in [3.05, 3.63) is 71.4 Å². The Morgan fingerprint density at radius 2 is 1.76 bits per heavy atom. The van der Waals surface area contributed by atoms with Gasteiger partial charge in [0.05, 0.1) is 24.8 Å². The summed E-state index contributed by atoms with van der Waals surface area (Å²) in [5.74, 6) is -0.351. The molecule has 5 nitrogen and oxygen atoms in total. The van der Waals surface area contributed by atoms with Crippen molar-refractivity contribution in [2.24, 2.45) is 0 Å². The first-order valence-electron chi connectivity index (χ1n) is 8.16. The molecule has 3 aromatic rings. The maximum absolute atomic E-state index is 12.5. The molecule has 1 aromatic heterocycles. The summed E-state index contributed by atoms with van der Waals surface area (Å²) < 4.78 is 0. The highest BCUT2D eigenvalue weighted by Crippen LogP contribution is 2.23. The van der Waals surface area contributed by atoms with Gasteiger partial charge in [0.15, 0.2) is 5.78 Å². The molecule has 0 aliphatic carbocycles. The highest BCUT2D eigenvalue weighted by atomic mass is 16.3. The van der Waals surface area contributed by atoms with Gasteiger partial charge in [0.25, 0.3) is 0 Å². The number of rotatable bonds is 6. The van der Waals surface area contributed by atoms with Crippen LogP contribution in [-0.4, -0.2) is 28.4 Å². The Hall–Kier alpha value is -2.92. The largest absolute Gasteiger partial charge is 0.394 e. The molecular formula is C20H20N2O3. The zero-order valence-electron chi connectivity index (χ0n) is 14.0. The highest BCUT2D eigenvalue weighted by Gasteiger charge is 2.19. The van der Waals surface area contributed by atoms with Crippen LogP contribution in [0.25, 0.3) is 10.9 Å². The van der Waals surface area contributed by atoms with Gasteiger partial charge < -0.3 is 15.4 Å². The molecule has 0 saturated heterocycles. The van der Waals surface area contributed by atoms with Crippen LogP contribution in [0.15, 0.2) is 54.6 Å². The Bertz CT molecular complexity index is 900. The zero-order valence-corrected chi connectivity index (χ0v) is 14.0.